The van der Waals surface area contributed by atoms with Crippen molar-refractivity contribution < 1.29 is 28.9 Å². The highest BCUT2D eigenvalue weighted by Gasteiger charge is 2.49. The van der Waals surface area contributed by atoms with Crippen LogP contribution < -0.4 is 0 Å². The average Bonchev–Trinajstić information content (AvgIpc) is 3.09. The van der Waals surface area contributed by atoms with Gasteiger partial charge in [-0.15, -0.1) is 23.5 Å². The van der Waals surface area contributed by atoms with Gasteiger partial charge in [0.2, 0.25) is 11.8 Å². The first-order chi connectivity index (χ1) is 17.2. The summed E-state index contributed by atoms with van der Waals surface area (Å²) in [7, 11) is 2.88. The fourth-order valence-corrected chi connectivity index (χ4v) is 4.68. The molecule has 0 bridgehead atoms. The largest absolute Gasteiger partial charge is 0.447 e. The molecule has 0 N–H and O–H groups in total. The molecule has 1 heterocycles. The Hall–Kier alpha value is -0.970. The van der Waals surface area contributed by atoms with Gasteiger partial charge in [-0.2, -0.15) is 0 Å². The van der Waals surface area contributed by atoms with Gasteiger partial charge in [0, 0.05) is 26.0 Å². The Kier molecular flexibility index (Phi) is 14.9. The molecule has 4 amide bonds. The highest BCUT2D eigenvalue weighted by Crippen LogP contribution is 2.46. The van der Waals surface area contributed by atoms with Crippen LogP contribution in [-0.4, -0.2) is 76.7 Å². The van der Waals surface area contributed by atoms with Crippen LogP contribution in [0.2, 0.25) is 0 Å². The van der Waals surface area contributed by atoms with E-state index in [4.69, 9.17) is 34.8 Å². The zero-order chi connectivity index (χ0) is 28.3. The lowest BCUT2D eigenvalue weighted by atomic mass is 9.85. The number of nitrogens with zero attached hydrogens (tertiary/aromatic N) is 5. The van der Waals surface area contributed by atoms with Crippen molar-refractivity contribution >= 4 is 116 Å². The molecule has 208 valence electrons. The van der Waals surface area contributed by atoms with Gasteiger partial charge >= 0.3 is 12.2 Å². The van der Waals surface area contributed by atoms with Gasteiger partial charge in [-0.25, -0.2) is 22.5 Å². The molecule has 1 fully saturated rings. The van der Waals surface area contributed by atoms with Crippen LogP contribution in [0.5, 0.6) is 0 Å². The van der Waals surface area contributed by atoms with Crippen molar-refractivity contribution in [2.75, 3.05) is 26.6 Å². The molecule has 0 aromatic rings. The van der Waals surface area contributed by atoms with E-state index in [0.717, 1.165) is 25.0 Å². The van der Waals surface area contributed by atoms with Gasteiger partial charge in [0.25, 0.3) is 3.12 Å². The molecule has 2 atom stereocenters. The molecule has 1 aliphatic heterocycles. The van der Waals surface area contributed by atoms with Crippen molar-refractivity contribution in [3.05, 3.63) is 12.2 Å². The number of hydrogen-bond acceptors (Lipinski definition) is 12. The highest BCUT2D eigenvalue weighted by molar-refractivity contribution is 8.13. The van der Waals surface area contributed by atoms with Gasteiger partial charge in [0.1, 0.15) is 10.1 Å². The van der Waals surface area contributed by atoms with Gasteiger partial charge < -0.3 is 0 Å². The summed E-state index contributed by atoms with van der Waals surface area (Å²) in [6.07, 6.45) is 7.20. The van der Waals surface area contributed by atoms with Gasteiger partial charge in [-0.1, -0.05) is 57.3 Å². The van der Waals surface area contributed by atoms with E-state index in [2.05, 4.69) is 20.0 Å². The first kappa shape index (κ1) is 34.1. The van der Waals surface area contributed by atoms with Crippen LogP contribution in [0.15, 0.2) is 22.5 Å². The summed E-state index contributed by atoms with van der Waals surface area (Å²) in [6.45, 7) is 3.42. The Morgan fingerprint density at radius 2 is 1.30 bits per heavy atom. The number of alkyl halides is 3. The lowest BCUT2D eigenvalue weighted by Crippen LogP contribution is -2.28. The van der Waals surface area contributed by atoms with Crippen LogP contribution in [0.25, 0.3) is 0 Å². The van der Waals surface area contributed by atoms with Gasteiger partial charge in [0.15, 0.2) is 0 Å². The molecule has 2 unspecified atom stereocenters. The maximum absolute atomic E-state index is 11.9. The van der Waals surface area contributed by atoms with E-state index in [-0.39, 0.29) is 23.7 Å². The van der Waals surface area contributed by atoms with E-state index >= 15 is 0 Å². The number of thioether (sulfide) groups is 2. The molecule has 2 aliphatic rings. The fourth-order valence-electron chi connectivity index (χ4n) is 2.61. The van der Waals surface area contributed by atoms with Crippen molar-refractivity contribution in [3.8, 4) is 0 Å². The Bertz CT molecular complexity index is 886. The monoisotopic (exact) mass is 653 g/mol. The van der Waals surface area contributed by atoms with E-state index < -0.39 is 15.3 Å². The predicted molar refractivity (Wildman–Crippen MR) is 154 cm³/mol. The van der Waals surface area contributed by atoms with Crippen LogP contribution in [0.1, 0.15) is 26.7 Å². The number of hydrogen-bond donors (Lipinski definition) is 0. The molecule has 0 radical (unpaired) electrons. The number of oxime groups is 2. The smallest absolute Gasteiger partial charge is 0.296 e. The quantitative estimate of drug-likeness (QED) is 0.0511. The third-order valence-corrected chi connectivity index (χ3v) is 8.01. The second kappa shape index (κ2) is 16.2. The van der Waals surface area contributed by atoms with Crippen molar-refractivity contribution in [2.45, 2.75) is 29.8 Å². The van der Waals surface area contributed by atoms with Crippen LogP contribution in [-0.2, 0) is 19.3 Å². The molecule has 1 saturated heterocycles. The third kappa shape index (κ3) is 11.8. The Balaban J connectivity index is 0.000000381. The number of carbonyl (C=O) groups is 4. The molecular formula is C19H26Cl3N5O6S4. The first-order valence-electron chi connectivity index (χ1n) is 10.2. The first-order valence-corrected chi connectivity index (χ1v) is 15.3. The van der Waals surface area contributed by atoms with E-state index in [9.17, 15) is 19.2 Å². The SMILES string of the molecule is CS/C(C)=N\OC(=O)N(C)SN(C)C(=O)O/N=C(/C)SC.O=C1C2CC=CCC2C(=O)N1SC(Cl)(Cl)Cl. The normalized spacial score (nSPS) is 19.6. The molecule has 2 rings (SSSR count). The Morgan fingerprint density at radius 3 is 1.62 bits per heavy atom. The number of carbonyl (C=O) groups excluding carboxylic acids is 4. The maximum atomic E-state index is 11.9. The third-order valence-electron chi connectivity index (χ3n) is 4.52. The summed E-state index contributed by atoms with van der Waals surface area (Å²) < 4.78 is 1.51. The van der Waals surface area contributed by atoms with Gasteiger partial charge in [0.05, 0.1) is 24.0 Å². The zero-order valence-electron chi connectivity index (χ0n) is 20.7. The minimum atomic E-state index is -1.69. The molecule has 18 heteroatoms. The number of rotatable bonds is 5. The molecule has 37 heavy (non-hydrogen) atoms. The molecular weight excluding hydrogens is 629 g/mol. The highest BCUT2D eigenvalue weighted by atomic mass is 35.6. The van der Waals surface area contributed by atoms with Crippen molar-refractivity contribution in [3.63, 3.8) is 0 Å². The number of amides is 4. The second-order valence-corrected chi connectivity index (χ2v) is 14.5. The van der Waals surface area contributed by atoms with Crippen molar-refractivity contribution in [2.24, 2.45) is 22.1 Å². The van der Waals surface area contributed by atoms with Gasteiger partial charge in [-0.05, 0) is 39.2 Å². The number of imide groups is 1. The van der Waals surface area contributed by atoms with Crippen LogP contribution in [0.4, 0.5) is 9.59 Å². The van der Waals surface area contributed by atoms with E-state index in [1.807, 2.05) is 24.7 Å². The maximum Gasteiger partial charge on any atom is 0.447 e. The van der Waals surface area contributed by atoms with E-state index in [0.29, 0.717) is 34.9 Å². The summed E-state index contributed by atoms with van der Waals surface area (Å²) in [5.74, 6) is -1.07. The van der Waals surface area contributed by atoms with E-state index in [1.54, 1.807) is 13.8 Å². The predicted octanol–water partition coefficient (Wildman–Crippen LogP) is 5.99. The number of halogens is 3. The number of fused-ring (bicyclic) bond motifs is 1. The molecule has 0 saturated carbocycles. The lowest BCUT2D eigenvalue weighted by molar-refractivity contribution is -0.133. The standard InChI is InChI=1S/C10H18N4O4S3.C9H8Cl3NO2S/c1-7(19-5)11-17-9(15)13(3)21-14(4)10(16)18-12-8(2)20-6;10-9(11,12)16-13-7(14)5-3-1-2-4-6(5)8(13)15/h1-6H3;1-2,5-6H,3-4H2/b11-7-,12-8-;. The summed E-state index contributed by atoms with van der Waals surface area (Å²) in [5.41, 5.74) is 0. The molecule has 0 aromatic carbocycles. The number of allylic oxidation sites excluding steroid dienone is 2. The molecule has 11 nitrogen and oxygen atoms in total. The molecule has 1 aliphatic carbocycles. The van der Waals surface area contributed by atoms with Crippen LogP contribution in [0.3, 0.4) is 0 Å². The lowest BCUT2D eigenvalue weighted by Gasteiger charge is -2.19. The van der Waals surface area contributed by atoms with Gasteiger partial charge in [-0.3, -0.25) is 19.3 Å². The topological polar surface area (TPSA) is 121 Å². The van der Waals surface area contributed by atoms with Crippen molar-refractivity contribution in [1.82, 2.24) is 12.9 Å². The Morgan fingerprint density at radius 1 is 0.919 bits per heavy atom. The summed E-state index contributed by atoms with van der Waals surface area (Å²) in [5, 5.41) is 8.42. The van der Waals surface area contributed by atoms with E-state index in [1.165, 1.54) is 37.6 Å². The minimum Gasteiger partial charge on any atom is -0.296 e. The molecule has 0 aromatic heterocycles. The fraction of sp³-hybridized carbons (Fsp3) is 0.579. The van der Waals surface area contributed by atoms with Crippen LogP contribution >= 0.6 is 82.4 Å². The summed E-state index contributed by atoms with van der Waals surface area (Å²) >= 11 is 20.9. The van der Waals surface area contributed by atoms with Crippen LogP contribution in [0, 0.1) is 11.8 Å². The Labute approximate surface area is 247 Å². The summed E-state index contributed by atoms with van der Waals surface area (Å²) in [4.78, 5) is 56.3. The summed E-state index contributed by atoms with van der Waals surface area (Å²) in [6, 6.07) is 0. The minimum absolute atomic E-state index is 0.254. The second-order valence-electron chi connectivity index (χ2n) is 7.08. The molecule has 0 spiro atoms. The zero-order valence-corrected chi connectivity index (χ0v) is 26.2. The van der Waals surface area contributed by atoms with Crippen molar-refractivity contribution in [1.29, 1.82) is 0 Å². The average molecular weight is 655 g/mol.